The minimum atomic E-state index is -0.238. The monoisotopic (exact) mass is 552 g/mol. The molecule has 0 spiro atoms. The van der Waals surface area contributed by atoms with Gasteiger partial charge in [-0.15, -0.1) is 0 Å². The zero-order valence-corrected chi connectivity index (χ0v) is 23.0. The fourth-order valence-electron chi connectivity index (χ4n) is 5.86. The topological polar surface area (TPSA) is 109 Å². The summed E-state index contributed by atoms with van der Waals surface area (Å²) in [6, 6.07) is 18.8. The number of rotatable bonds is 11. The van der Waals surface area contributed by atoms with Crippen LogP contribution in [-0.2, 0) is 19.1 Å². The van der Waals surface area contributed by atoms with Gasteiger partial charge in [-0.2, -0.15) is 5.26 Å². The summed E-state index contributed by atoms with van der Waals surface area (Å²) in [6.45, 7) is 2.56. The normalized spacial score (nSPS) is 22.8. The third-order valence-electron chi connectivity index (χ3n) is 8.65. The molecule has 9 heteroatoms. The quantitative estimate of drug-likeness (QED) is 0.265. The fourth-order valence-corrected chi connectivity index (χ4v) is 5.86. The van der Waals surface area contributed by atoms with E-state index in [1.165, 1.54) is 17.7 Å². The molecule has 2 aromatic carbocycles. The molecule has 2 saturated carbocycles. The number of aromatic nitrogens is 1. The van der Waals surface area contributed by atoms with Crippen LogP contribution >= 0.6 is 0 Å². The van der Waals surface area contributed by atoms with Crippen LogP contribution in [-0.4, -0.2) is 53.1 Å². The molecule has 3 heterocycles. The van der Waals surface area contributed by atoms with E-state index in [9.17, 15) is 14.9 Å². The van der Waals surface area contributed by atoms with E-state index in [0.717, 1.165) is 47.1 Å². The second-order valence-electron chi connectivity index (χ2n) is 11.4. The van der Waals surface area contributed by atoms with Gasteiger partial charge in [-0.1, -0.05) is 6.07 Å². The molecule has 1 aromatic heterocycles. The van der Waals surface area contributed by atoms with Crippen LogP contribution in [0.2, 0.25) is 0 Å². The van der Waals surface area contributed by atoms with Crippen LogP contribution < -0.4 is 10.1 Å². The number of ether oxygens (including phenoxy) is 3. The van der Waals surface area contributed by atoms with Crippen molar-refractivity contribution in [3.05, 3.63) is 48.0 Å². The number of fused-ring (bicyclic) bond motifs is 1. The van der Waals surface area contributed by atoms with E-state index in [-0.39, 0.29) is 62.5 Å². The Labute approximate surface area is 239 Å². The van der Waals surface area contributed by atoms with Gasteiger partial charge in [-0.25, -0.2) is 0 Å². The van der Waals surface area contributed by atoms with Gasteiger partial charge in [0, 0.05) is 30.3 Å². The number of anilines is 1. The molecular weight excluding hydrogens is 520 g/mol. The average molecular weight is 553 g/mol. The number of epoxide rings is 1. The van der Waals surface area contributed by atoms with Crippen LogP contribution in [0.1, 0.15) is 63.5 Å². The number of imide groups is 1. The Balaban J connectivity index is 1.11. The van der Waals surface area contributed by atoms with Crippen LogP contribution in [0.5, 0.6) is 5.75 Å². The van der Waals surface area contributed by atoms with E-state index in [0.29, 0.717) is 17.2 Å². The predicted molar refractivity (Wildman–Crippen MR) is 150 cm³/mol. The number of nitriles is 1. The first-order chi connectivity index (χ1) is 20.0. The highest BCUT2D eigenvalue weighted by molar-refractivity contribution is 6.02. The Morgan fingerprint density at radius 1 is 1.12 bits per heavy atom. The molecule has 4 aliphatic rings. The first kappa shape index (κ1) is 25.9. The lowest BCUT2D eigenvalue weighted by Crippen LogP contribution is -2.33. The molecule has 3 atom stereocenters. The summed E-state index contributed by atoms with van der Waals surface area (Å²) >= 11 is 0. The zero-order valence-electron chi connectivity index (χ0n) is 23.0. The standard InChI is InChI=1S/C32H32N4O5/c1-19(20-5-6-20)40-32-31(41-32)34-22-9-7-21(8-10-22)30-26(18-33)25-12-11-24(17-27(25)36(30)23-3-2-4-23)39-16-15-35-28(37)13-14-29(35)38/h7,9,11-12,17,19-20,23,31-32,34H,2-6,13-16H2,1H3/t19-,31?,32?/m1/s1. The number of carbonyl (C=O) groups is 2. The van der Waals surface area contributed by atoms with Crippen LogP contribution in [0.25, 0.3) is 22.2 Å². The molecule has 2 aliphatic heterocycles. The van der Waals surface area contributed by atoms with Crippen molar-refractivity contribution in [3.8, 4) is 23.1 Å². The summed E-state index contributed by atoms with van der Waals surface area (Å²) in [6.07, 6.45) is 6.01. The van der Waals surface area contributed by atoms with Gasteiger partial charge in [-0.3, -0.25) is 14.5 Å². The van der Waals surface area contributed by atoms with E-state index in [1.54, 1.807) is 0 Å². The lowest BCUT2D eigenvalue weighted by molar-refractivity contribution is -0.138. The number of carbonyl (C=O) groups excluding carboxylic acids is 2. The summed E-state index contributed by atoms with van der Waals surface area (Å²) in [5.74, 6) is 1.00. The van der Waals surface area contributed by atoms with Gasteiger partial charge in [-0.05, 0) is 75.3 Å². The van der Waals surface area contributed by atoms with Crippen molar-refractivity contribution >= 4 is 28.4 Å². The van der Waals surface area contributed by atoms with E-state index < -0.39 is 0 Å². The predicted octanol–water partition coefficient (Wildman–Crippen LogP) is 4.94. The number of benzene rings is 1. The minimum absolute atomic E-state index is 0.147. The number of hydrogen-bond acceptors (Lipinski definition) is 7. The smallest absolute Gasteiger partial charge is 0.229 e. The second-order valence-corrected chi connectivity index (χ2v) is 11.4. The van der Waals surface area contributed by atoms with Crippen molar-refractivity contribution in [2.45, 2.75) is 76.5 Å². The molecule has 41 heavy (non-hydrogen) atoms. The fraction of sp³-hybridized carbons (Fsp3) is 0.469. The van der Waals surface area contributed by atoms with Gasteiger partial charge in [0.15, 0.2) is 6.23 Å². The largest absolute Gasteiger partial charge is 0.492 e. The summed E-state index contributed by atoms with van der Waals surface area (Å²) in [5, 5.41) is 14.4. The summed E-state index contributed by atoms with van der Waals surface area (Å²) < 4.78 is 19.8. The average Bonchev–Trinajstić information content (AvgIpc) is 3.87. The van der Waals surface area contributed by atoms with Crippen LogP contribution in [0.3, 0.4) is 0 Å². The van der Waals surface area contributed by atoms with Gasteiger partial charge in [0.25, 0.3) is 0 Å². The Kier molecular flexibility index (Phi) is 6.57. The highest BCUT2D eigenvalue weighted by Crippen LogP contribution is 2.43. The number of amides is 2. The van der Waals surface area contributed by atoms with Crippen LogP contribution in [0.4, 0.5) is 5.69 Å². The molecule has 2 amide bonds. The van der Waals surface area contributed by atoms with E-state index in [2.05, 4.69) is 35.0 Å². The molecule has 3 aromatic rings. The van der Waals surface area contributed by atoms with Crippen molar-refractivity contribution < 1.29 is 23.8 Å². The zero-order chi connectivity index (χ0) is 28.1. The lowest BCUT2D eigenvalue weighted by Gasteiger charge is -2.30. The number of nitrogens with zero attached hydrogens (tertiary/aromatic N) is 3. The molecule has 2 unspecified atom stereocenters. The van der Waals surface area contributed by atoms with Gasteiger partial charge in [0.05, 0.1) is 40.7 Å². The van der Waals surface area contributed by atoms with Gasteiger partial charge in [0.1, 0.15) is 18.4 Å². The molecule has 1 N–H and O–H groups in total. The molecule has 7 rings (SSSR count). The molecule has 9 nitrogen and oxygen atoms in total. The number of nitrogens with one attached hydrogen (secondary N) is 1. The summed E-state index contributed by atoms with van der Waals surface area (Å²) in [7, 11) is 0. The molecule has 2 saturated heterocycles. The highest BCUT2D eigenvalue weighted by atomic mass is 16.8. The van der Waals surface area contributed by atoms with Crippen molar-refractivity contribution in [2.24, 2.45) is 5.92 Å². The van der Waals surface area contributed by atoms with Gasteiger partial charge >= 0.3 is 0 Å². The van der Waals surface area contributed by atoms with Crippen molar-refractivity contribution in [3.63, 3.8) is 0 Å². The van der Waals surface area contributed by atoms with E-state index in [1.807, 2.05) is 30.3 Å². The Hall–Kier alpha value is -4.05. The van der Waals surface area contributed by atoms with E-state index in [4.69, 9.17) is 14.2 Å². The molecular formula is C32H32N4O5. The Morgan fingerprint density at radius 3 is 2.59 bits per heavy atom. The summed E-state index contributed by atoms with van der Waals surface area (Å²) in [5.41, 5.74) is 3.93. The molecule has 0 radical (unpaired) electrons. The maximum atomic E-state index is 11.9. The lowest BCUT2D eigenvalue weighted by atomic mass is 9.92. The highest BCUT2D eigenvalue weighted by Gasteiger charge is 2.44. The third-order valence-corrected chi connectivity index (χ3v) is 8.65. The maximum absolute atomic E-state index is 11.9. The molecule has 0 bridgehead atoms. The number of likely N-dealkylation sites (tertiary alicyclic amines) is 1. The van der Waals surface area contributed by atoms with Crippen LogP contribution in [0.15, 0.2) is 30.3 Å². The van der Waals surface area contributed by atoms with E-state index >= 15 is 0 Å². The first-order valence-electron chi connectivity index (χ1n) is 14.6. The van der Waals surface area contributed by atoms with Gasteiger partial charge in [0.2, 0.25) is 18.1 Å². The molecule has 2 aliphatic carbocycles. The van der Waals surface area contributed by atoms with Crippen molar-refractivity contribution in [1.29, 1.82) is 5.26 Å². The van der Waals surface area contributed by atoms with Crippen molar-refractivity contribution in [2.75, 3.05) is 18.5 Å². The van der Waals surface area contributed by atoms with Crippen molar-refractivity contribution in [1.82, 2.24) is 9.47 Å². The third kappa shape index (κ3) is 5.01. The van der Waals surface area contributed by atoms with Crippen LogP contribution in [0, 0.1) is 29.4 Å². The Bertz CT molecular complexity index is 1520. The maximum Gasteiger partial charge on any atom is 0.229 e. The SMILES string of the molecule is C[C@@H](OC1OC1Nc1c#cc(-c2c(C#N)c3ccc(OCCN4C(=O)CCC4=O)cc3n2C2CCC2)cc1)C1CC1. The minimum Gasteiger partial charge on any atom is -0.492 e. The number of hydrogen-bond donors (Lipinski definition) is 1. The first-order valence-corrected chi connectivity index (χ1v) is 14.6. The molecule has 4 fully saturated rings. The second kappa shape index (κ2) is 10.4. The summed E-state index contributed by atoms with van der Waals surface area (Å²) in [4.78, 5) is 25.1. The van der Waals surface area contributed by atoms with Gasteiger partial charge < -0.3 is 24.1 Å². The Morgan fingerprint density at radius 2 is 1.93 bits per heavy atom. The molecule has 210 valence electrons.